The molecular weight excluding hydrogens is 210 g/mol. The maximum absolute atomic E-state index is 5.48. The van der Waals surface area contributed by atoms with Crippen LogP contribution in [-0.4, -0.2) is 19.8 Å². The predicted molar refractivity (Wildman–Crippen MR) is 71.1 cm³/mol. The Morgan fingerprint density at radius 3 is 3.12 bits per heavy atom. The molecule has 2 heteroatoms. The normalized spacial score (nSPS) is 18.1. The fraction of sp³-hybridized carbons (Fsp3) is 0.467. The Kier molecular flexibility index (Phi) is 4.35. The van der Waals surface area contributed by atoms with Gasteiger partial charge in [0.2, 0.25) is 0 Å². The zero-order valence-corrected chi connectivity index (χ0v) is 10.5. The number of aryl methyl sites for hydroxylation is 1. The first kappa shape index (κ1) is 12.3. The van der Waals surface area contributed by atoms with Crippen molar-refractivity contribution in [1.29, 1.82) is 0 Å². The molecule has 0 bridgehead atoms. The quantitative estimate of drug-likeness (QED) is 0.600. The Balaban J connectivity index is 1.73. The molecule has 0 heterocycles. The van der Waals surface area contributed by atoms with Gasteiger partial charge < -0.3 is 10.1 Å². The summed E-state index contributed by atoms with van der Waals surface area (Å²) in [6.07, 6.45) is 2.40. The largest absolute Gasteiger partial charge is 0.376 e. The molecule has 17 heavy (non-hydrogen) atoms. The van der Waals surface area contributed by atoms with Crippen LogP contribution in [0.4, 0.5) is 0 Å². The molecule has 1 aromatic carbocycles. The van der Waals surface area contributed by atoms with Crippen molar-refractivity contribution in [2.24, 2.45) is 0 Å². The topological polar surface area (TPSA) is 21.3 Å². The Labute approximate surface area is 104 Å². The first-order valence-corrected chi connectivity index (χ1v) is 6.30. The molecule has 1 N–H and O–H groups in total. The van der Waals surface area contributed by atoms with Gasteiger partial charge in [-0.3, -0.25) is 0 Å². The van der Waals surface area contributed by atoms with Gasteiger partial charge in [-0.2, -0.15) is 0 Å². The van der Waals surface area contributed by atoms with E-state index in [-0.39, 0.29) is 0 Å². The minimum Gasteiger partial charge on any atom is -0.376 e. The van der Waals surface area contributed by atoms with Gasteiger partial charge in [0.05, 0.1) is 13.2 Å². The fourth-order valence-corrected chi connectivity index (χ4v) is 2.32. The third-order valence-corrected chi connectivity index (χ3v) is 3.12. The summed E-state index contributed by atoms with van der Waals surface area (Å²) in [6, 6.07) is 9.22. The van der Waals surface area contributed by atoms with Crippen molar-refractivity contribution in [2.45, 2.75) is 25.8 Å². The lowest BCUT2D eigenvalue weighted by Gasteiger charge is -2.14. The lowest BCUT2D eigenvalue weighted by Crippen LogP contribution is -2.24. The number of benzene rings is 1. The first-order chi connectivity index (χ1) is 8.27. The van der Waals surface area contributed by atoms with Crippen molar-refractivity contribution >= 4 is 0 Å². The van der Waals surface area contributed by atoms with E-state index in [1.807, 2.05) is 6.92 Å². The van der Waals surface area contributed by atoms with Crippen molar-refractivity contribution in [2.75, 3.05) is 19.8 Å². The molecule has 0 aromatic heterocycles. The molecule has 0 aliphatic heterocycles. The monoisotopic (exact) mass is 231 g/mol. The molecule has 0 spiro atoms. The first-order valence-electron chi connectivity index (χ1n) is 6.30. The summed E-state index contributed by atoms with van der Waals surface area (Å²) in [5.74, 6) is 0. The van der Waals surface area contributed by atoms with E-state index in [0.717, 1.165) is 18.7 Å². The van der Waals surface area contributed by atoms with Crippen LogP contribution in [-0.2, 0) is 11.2 Å². The van der Waals surface area contributed by atoms with Crippen molar-refractivity contribution in [3.8, 4) is 0 Å². The number of fused-ring (bicyclic) bond motifs is 1. The maximum Gasteiger partial charge on any atom is 0.0672 e. The van der Waals surface area contributed by atoms with Crippen molar-refractivity contribution in [3.05, 3.63) is 47.5 Å². The molecule has 0 saturated carbocycles. The average molecular weight is 231 g/mol. The van der Waals surface area contributed by atoms with Gasteiger partial charge in [-0.15, -0.1) is 0 Å². The van der Waals surface area contributed by atoms with Gasteiger partial charge in [-0.05, 0) is 30.9 Å². The molecule has 1 atom stereocenters. The van der Waals surface area contributed by atoms with E-state index in [9.17, 15) is 0 Å². The highest BCUT2D eigenvalue weighted by Gasteiger charge is 2.20. The molecule has 1 aliphatic carbocycles. The zero-order valence-electron chi connectivity index (χ0n) is 10.5. The summed E-state index contributed by atoms with van der Waals surface area (Å²) in [5, 5.41) is 3.56. The minimum atomic E-state index is 0.514. The summed E-state index contributed by atoms with van der Waals surface area (Å²) in [5.41, 5.74) is 4.04. The maximum atomic E-state index is 5.48. The molecule has 1 unspecified atom stereocenters. The van der Waals surface area contributed by atoms with Gasteiger partial charge in [-0.1, -0.05) is 36.4 Å². The highest BCUT2D eigenvalue weighted by Crippen LogP contribution is 2.30. The van der Waals surface area contributed by atoms with E-state index in [1.54, 1.807) is 0 Å². The van der Waals surface area contributed by atoms with Crippen LogP contribution in [0.25, 0.3) is 0 Å². The Hall–Kier alpha value is -1.12. The van der Waals surface area contributed by atoms with Gasteiger partial charge in [0, 0.05) is 12.6 Å². The molecule has 0 saturated heterocycles. The molecule has 0 amide bonds. The van der Waals surface area contributed by atoms with Crippen molar-refractivity contribution in [1.82, 2.24) is 5.32 Å². The van der Waals surface area contributed by atoms with E-state index in [2.05, 4.69) is 36.2 Å². The van der Waals surface area contributed by atoms with Crippen LogP contribution in [0.1, 0.15) is 30.5 Å². The fourth-order valence-electron chi connectivity index (χ4n) is 2.32. The third kappa shape index (κ3) is 3.42. The van der Waals surface area contributed by atoms with Crippen LogP contribution < -0.4 is 5.32 Å². The summed E-state index contributed by atoms with van der Waals surface area (Å²) < 4.78 is 5.48. The molecule has 2 rings (SSSR count). The molecule has 0 fully saturated rings. The highest BCUT2D eigenvalue weighted by atomic mass is 16.5. The average Bonchev–Trinajstić information content (AvgIpc) is 2.72. The predicted octanol–water partition coefficient (Wildman–Crippen LogP) is 2.86. The van der Waals surface area contributed by atoms with Gasteiger partial charge >= 0.3 is 0 Å². The van der Waals surface area contributed by atoms with E-state index in [4.69, 9.17) is 4.74 Å². The van der Waals surface area contributed by atoms with Crippen molar-refractivity contribution in [3.63, 3.8) is 0 Å². The number of hydrogen-bond donors (Lipinski definition) is 1. The summed E-state index contributed by atoms with van der Waals surface area (Å²) >= 11 is 0. The Morgan fingerprint density at radius 2 is 2.29 bits per heavy atom. The van der Waals surface area contributed by atoms with E-state index < -0.39 is 0 Å². The van der Waals surface area contributed by atoms with Gasteiger partial charge in [0.1, 0.15) is 0 Å². The van der Waals surface area contributed by atoms with Crippen LogP contribution >= 0.6 is 0 Å². The van der Waals surface area contributed by atoms with Crippen LogP contribution in [0, 0.1) is 0 Å². The second kappa shape index (κ2) is 5.99. The van der Waals surface area contributed by atoms with Gasteiger partial charge in [-0.25, -0.2) is 0 Å². The van der Waals surface area contributed by atoms with E-state index in [1.165, 1.54) is 24.0 Å². The lowest BCUT2D eigenvalue weighted by atomic mass is 10.1. The summed E-state index contributed by atoms with van der Waals surface area (Å²) in [7, 11) is 0. The smallest absolute Gasteiger partial charge is 0.0672 e. The number of ether oxygens (including phenoxy) is 1. The van der Waals surface area contributed by atoms with Gasteiger partial charge in [0.15, 0.2) is 0 Å². The Morgan fingerprint density at radius 1 is 1.47 bits per heavy atom. The van der Waals surface area contributed by atoms with Crippen LogP contribution in [0.15, 0.2) is 36.4 Å². The van der Waals surface area contributed by atoms with Gasteiger partial charge in [0.25, 0.3) is 0 Å². The van der Waals surface area contributed by atoms with E-state index >= 15 is 0 Å². The summed E-state index contributed by atoms with van der Waals surface area (Å²) in [4.78, 5) is 0. The van der Waals surface area contributed by atoms with E-state index in [0.29, 0.717) is 12.6 Å². The third-order valence-electron chi connectivity index (χ3n) is 3.12. The number of rotatable bonds is 6. The second-order valence-corrected chi connectivity index (χ2v) is 4.75. The highest BCUT2D eigenvalue weighted by molar-refractivity contribution is 5.34. The molecular formula is C15H21NO. The van der Waals surface area contributed by atoms with Crippen LogP contribution in [0.3, 0.4) is 0 Å². The lowest BCUT2D eigenvalue weighted by molar-refractivity contribution is 0.155. The SMILES string of the molecule is C=C(C)COCCNC1CCc2ccccc21. The molecule has 1 aromatic rings. The molecule has 2 nitrogen and oxygen atoms in total. The van der Waals surface area contributed by atoms with Crippen LogP contribution in [0.2, 0.25) is 0 Å². The van der Waals surface area contributed by atoms with Crippen LogP contribution in [0.5, 0.6) is 0 Å². The van der Waals surface area contributed by atoms with Crippen molar-refractivity contribution < 1.29 is 4.74 Å². The second-order valence-electron chi connectivity index (χ2n) is 4.75. The standard InChI is InChI=1S/C15H21NO/c1-12(2)11-17-10-9-16-15-8-7-13-5-3-4-6-14(13)15/h3-6,15-16H,1,7-11H2,2H3. The summed E-state index contributed by atoms with van der Waals surface area (Å²) in [6.45, 7) is 8.14. The molecule has 1 aliphatic rings. The minimum absolute atomic E-state index is 0.514. The number of nitrogens with one attached hydrogen (secondary N) is 1. The molecule has 0 radical (unpaired) electrons. The Bertz CT molecular complexity index is 386. The molecule has 92 valence electrons. The zero-order chi connectivity index (χ0) is 12.1. The number of hydrogen-bond acceptors (Lipinski definition) is 2.